The molecule has 0 fully saturated rings. The van der Waals surface area contributed by atoms with Crippen molar-refractivity contribution in [2.45, 2.75) is 34.2 Å². The summed E-state index contributed by atoms with van der Waals surface area (Å²) in [5.74, 6) is -0.0628. The van der Waals surface area contributed by atoms with E-state index in [9.17, 15) is 4.79 Å². The van der Waals surface area contributed by atoms with E-state index in [1.165, 1.54) is 11.1 Å². The average Bonchev–Trinajstić information content (AvgIpc) is 3.12. The maximum Gasteiger partial charge on any atom is 0.260 e. The van der Waals surface area contributed by atoms with Gasteiger partial charge in [0.15, 0.2) is 5.13 Å². The Hall–Kier alpha value is -3.05. The van der Waals surface area contributed by atoms with Gasteiger partial charge in [0.2, 0.25) is 0 Å². The van der Waals surface area contributed by atoms with E-state index in [1.807, 2.05) is 50.2 Å². The molecule has 4 nitrogen and oxygen atoms in total. The number of carbonyl (C=O) groups is 1. The highest BCUT2D eigenvalue weighted by Gasteiger charge is 2.23. The number of fused-ring (bicyclic) bond motifs is 1. The Morgan fingerprint density at radius 1 is 0.966 bits per heavy atom. The van der Waals surface area contributed by atoms with Crippen LogP contribution in [0.2, 0.25) is 0 Å². The molecular formula is C24H23N3OS. The van der Waals surface area contributed by atoms with E-state index >= 15 is 0 Å². The standard InChI is InChI=1S/C24H23N3OS/c1-15-11-18(4)22-21(12-15)29-24(26-22)27(14-20-7-5-6-10-25-20)23(28)19-9-8-16(2)17(3)13-19/h5-13H,14H2,1-4H3. The van der Waals surface area contributed by atoms with Crippen LogP contribution in [0.5, 0.6) is 0 Å². The summed E-state index contributed by atoms with van der Waals surface area (Å²) in [6, 6.07) is 15.8. The van der Waals surface area contributed by atoms with E-state index in [0.717, 1.165) is 27.0 Å². The van der Waals surface area contributed by atoms with Crippen LogP contribution in [0.1, 0.15) is 38.3 Å². The number of nitrogens with zero attached hydrogens (tertiary/aromatic N) is 3. The number of pyridine rings is 1. The summed E-state index contributed by atoms with van der Waals surface area (Å²) in [6.45, 7) is 8.60. The van der Waals surface area contributed by atoms with Gasteiger partial charge in [0.1, 0.15) is 0 Å². The first-order valence-electron chi connectivity index (χ1n) is 9.59. The SMILES string of the molecule is Cc1cc(C)c2nc(N(Cc3ccccn3)C(=O)c3ccc(C)c(C)c3)sc2c1. The van der Waals surface area contributed by atoms with Crippen molar-refractivity contribution < 1.29 is 4.79 Å². The van der Waals surface area contributed by atoms with Crippen molar-refractivity contribution >= 4 is 32.6 Å². The van der Waals surface area contributed by atoms with Crippen LogP contribution in [-0.2, 0) is 6.54 Å². The van der Waals surface area contributed by atoms with Crippen molar-refractivity contribution in [2.75, 3.05) is 4.90 Å². The van der Waals surface area contributed by atoms with Crippen LogP contribution in [0.15, 0.2) is 54.7 Å². The molecule has 146 valence electrons. The predicted octanol–water partition coefficient (Wildman–Crippen LogP) is 5.77. The van der Waals surface area contributed by atoms with Crippen LogP contribution >= 0.6 is 11.3 Å². The van der Waals surface area contributed by atoms with Crippen molar-refractivity contribution in [1.82, 2.24) is 9.97 Å². The Labute approximate surface area is 174 Å². The van der Waals surface area contributed by atoms with Crippen LogP contribution in [0.4, 0.5) is 5.13 Å². The monoisotopic (exact) mass is 401 g/mol. The molecule has 0 bridgehead atoms. The number of thiazole rings is 1. The van der Waals surface area contributed by atoms with Crippen LogP contribution in [0.25, 0.3) is 10.2 Å². The fourth-order valence-electron chi connectivity index (χ4n) is 3.38. The first-order valence-corrected chi connectivity index (χ1v) is 10.4. The smallest absolute Gasteiger partial charge is 0.260 e. The van der Waals surface area contributed by atoms with Crippen molar-refractivity contribution in [1.29, 1.82) is 0 Å². The highest BCUT2D eigenvalue weighted by Crippen LogP contribution is 2.33. The number of anilines is 1. The molecule has 1 amide bonds. The predicted molar refractivity (Wildman–Crippen MR) is 120 cm³/mol. The van der Waals surface area contributed by atoms with E-state index in [1.54, 1.807) is 22.4 Å². The van der Waals surface area contributed by atoms with Crippen LogP contribution in [0, 0.1) is 27.7 Å². The maximum absolute atomic E-state index is 13.5. The molecular weight excluding hydrogens is 378 g/mol. The Morgan fingerprint density at radius 3 is 2.52 bits per heavy atom. The van der Waals surface area contributed by atoms with E-state index < -0.39 is 0 Å². The van der Waals surface area contributed by atoms with E-state index in [4.69, 9.17) is 4.98 Å². The Morgan fingerprint density at radius 2 is 1.79 bits per heavy atom. The second kappa shape index (κ2) is 7.76. The number of amides is 1. The molecule has 0 saturated carbocycles. The molecule has 2 aromatic heterocycles. The Balaban J connectivity index is 1.80. The summed E-state index contributed by atoms with van der Waals surface area (Å²) in [6.07, 6.45) is 1.75. The van der Waals surface area contributed by atoms with Crippen molar-refractivity contribution in [3.8, 4) is 0 Å². The fourth-order valence-corrected chi connectivity index (χ4v) is 4.52. The molecule has 4 aromatic rings. The van der Waals surface area contributed by atoms with Gasteiger partial charge in [0.05, 0.1) is 22.5 Å². The molecule has 0 spiro atoms. The van der Waals surface area contributed by atoms with E-state index in [2.05, 4.69) is 31.0 Å². The zero-order chi connectivity index (χ0) is 20.5. The molecule has 29 heavy (non-hydrogen) atoms. The molecule has 0 radical (unpaired) electrons. The van der Waals surface area contributed by atoms with Gasteiger partial charge in [0, 0.05) is 11.8 Å². The molecule has 0 atom stereocenters. The molecule has 0 aliphatic rings. The maximum atomic E-state index is 13.5. The zero-order valence-electron chi connectivity index (χ0n) is 17.1. The van der Waals surface area contributed by atoms with Crippen molar-refractivity contribution in [3.05, 3.63) is 88.2 Å². The van der Waals surface area contributed by atoms with Gasteiger partial charge in [-0.1, -0.05) is 29.5 Å². The number of aromatic nitrogens is 2. The molecule has 2 aromatic carbocycles. The summed E-state index contributed by atoms with van der Waals surface area (Å²) >= 11 is 1.55. The quantitative estimate of drug-likeness (QED) is 0.436. The molecule has 0 aliphatic heterocycles. The van der Waals surface area contributed by atoms with Gasteiger partial charge in [-0.25, -0.2) is 4.98 Å². The number of benzene rings is 2. The van der Waals surface area contributed by atoms with Gasteiger partial charge < -0.3 is 0 Å². The van der Waals surface area contributed by atoms with Crippen LogP contribution in [-0.4, -0.2) is 15.9 Å². The number of hydrogen-bond donors (Lipinski definition) is 0. The van der Waals surface area contributed by atoms with Crippen LogP contribution < -0.4 is 4.90 Å². The van der Waals surface area contributed by atoms with Gasteiger partial charge in [-0.15, -0.1) is 0 Å². The molecule has 0 aliphatic carbocycles. The van der Waals surface area contributed by atoms with Gasteiger partial charge >= 0.3 is 0 Å². The van der Waals surface area contributed by atoms with Crippen molar-refractivity contribution in [2.24, 2.45) is 0 Å². The Bertz CT molecular complexity index is 1200. The minimum Gasteiger partial charge on any atom is -0.278 e. The van der Waals surface area contributed by atoms with Gasteiger partial charge in [0.25, 0.3) is 5.91 Å². The highest BCUT2D eigenvalue weighted by molar-refractivity contribution is 7.22. The lowest BCUT2D eigenvalue weighted by Gasteiger charge is -2.20. The Kier molecular flexibility index (Phi) is 5.16. The number of aryl methyl sites for hydroxylation is 4. The lowest BCUT2D eigenvalue weighted by Crippen LogP contribution is -2.30. The summed E-state index contributed by atoms with van der Waals surface area (Å²) in [7, 11) is 0. The summed E-state index contributed by atoms with van der Waals surface area (Å²) < 4.78 is 1.09. The topological polar surface area (TPSA) is 46.1 Å². The third-order valence-corrected chi connectivity index (χ3v) is 6.12. The fraction of sp³-hybridized carbons (Fsp3) is 0.208. The molecule has 0 N–H and O–H groups in total. The van der Waals surface area contributed by atoms with Gasteiger partial charge in [-0.05, 0) is 80.3 Å². The first-order chi connectivity index (χ1) is 13.9. The minimum atomic E-state index is -0.0628. The molecule has 5 heteroatoms. The molecule has 0 saturated heterocycles. The van der Waals surface area contributed by atoms with E-state index in [-0.39, 0.29) is 5.91 Å². The summed E-state index contributed by atoms with van der Waals surface area (Å²) in [5, 5.41) is 0.697. The van der Waals surface area contributed by atoms with Crippen LogP contribution in [0.3, 0.4) is 0 Å². The third-order valence-electron chi connectivity index (χ3n) is 5.09. The average molecular weight is 402 g/mol. The lowest BCUT2D eigenvalue weighted by atomic mass is 10.1. The number of rotatable bonds is 4. The van der Waals surface area contributed by atoms with Crippen molar-refractivity contribution in [3.63, 3.8) is 0 Å². The summed E-state index contributed by atoms with van der Waals surface area (Å²) in [4.78, 5) is 24.5. The zero-order valence-corrected chi connectivity index (χ0v) is 17.9. The van der Waals surface area contributed by atoms with Gasteiger partial charge in [-0.3, -0.25) is 14.7 Å². The third kappa shape index (κ3) is 3.91. The minimum absolute atomic E-state index is 0.0628. The second-order valence-corrected chi connectivity index (χ2v) is 8.45. The largest absolute Gasteiger partial charge is 0.278 e. The normalized spacial score (nSPS) is 11.0. The number of hydrogen-bond acceptors (Lipinski definition) is 4. The first kappa shape index (κ1) is 19.3. The second-order valence-electron chi connectivity index (χ2n) is 7.44. The highest BCUT2D eigenvalue weighted by atomic mass is 32.1. The number of carbonyl (C=O) groups excluding carboxylic acids is 1. The molecule has 2 heterocycles. The molecule has 0 unspecified atom stereocenters. The van der Waals surface area contributed by atoms with Gasteiger partial charge in [-0.2, -0.15) is 0 Å². The summed E-state index contributed by atoms with van der Waals surface area (Å²) in [5.41, 5.74) is 7.04. The van der Waals surface area contributed by atoms with E-state index in [0.29, 0.717) is 17.2 Å². The lowest BCUT2D eigenvalue weighted by molar-refractivity contribution is 0.0984. The molecule has 4 rings (SSSR count).